The number of rotatable bonds is 21. The van der Waals surface area contributed by atoms with Crippen LogP contribution in [0.1, 0.15) is 161 Å². The van der Waals surface area contributed by atoms with Gasteiger partial charge >= 0.3 is 0 Å². The van der Waals surface area contributed by atoms with Crippen LogP contribution in [0, 0.1) is 23.7 Å². The maximum absolute atomic E-state index is 15.5. The summed E-state index contributed by atoms with van der Waals surface area (Å²) in [6.07, 6.45) is 1.67. The smallest absolute Gasteiger partial charge is 0.272 e. The van der Waals surface area contributed by atoms with Crippen molar-refractivity contribution in [2.75, 3.05) is 94.6 Å². The molecule has 0 aliphatic carbocycles. The van der Waals surface area contributed by atoms with Gasteiger partial charge in [0.25, 0.3) is 16.0 Å². The van der Waals surface area contributed by atoms with Gasteiger partial charge in [-0.05, 0) is 123 Å². The van der Waals surface area contributed by atoms with Crippen LogP contribution in [-0.4, -0.2) is 297 Å². The predicted octanol–water partition coefficient (Wildman–Crippen LogP) is 1.84. The second kappa shape index (κ2) is 37.4. The molecule has 0 radical (unpaired) electrons. The molecule has 0 saturated carbocycles. The highest BCUT2D eigenvalue weighted by molar-refractivity contribution is 7.86. The van der Waals surface area contributed by atoms with Gasteiger partial charge in [0, 0.05) is 68.0 Å². The number of likely N-dealkylation sites (N-methyl/N-ethyl adjacent to an activating group) is 6. The standard InChI is InChI=1S/C67H118N12O17S/c1-22-49-63(86)71(15)45(11)61(84)75(19)55(47(13)94-32-27-25-29-77-30-34-93-35-31-77)59(82)70-53(41(6)7)66(89)72(16)50(36-39(2)3)57(80)68-44(10)60(83)78-43(9)38-52(74(18)64(87)51(37-40(4)5)73(17)62(85)46(78)12)65(88)76(20)56-48(14)96-79(67(56)90)54(58(81)69-49)42(8)28-24-23-26-33-95-97(21,91)92/h39-56H,22-38H2,1-21H3,(H,68,80)(H,69,81)(H,70,82). The lowest BCUT2D eigenvalue weighted by atomic mass is 9.93. The number of morpholine rings is 1. The van der Waals surface area contributed by atoms with Gasteiger partial charge in [-0.2, -0.15) is 8.42 Å². The zero-order valence-corrected chi connectivity index (χ0v) is 62.6. The Morgan fingerprint density at radius 2 is 1.12 bits per heavy atom. The first kappa shape index (κ1) is 83.3. The van der Waals surface area contributed by atoms with E-state index >= 15 is 28.8 Å². The van der Waals surface area contributed by atoms with E-state index in [2.05, 4.69) is 20.9 Å². The second-order valence-corrected chi connectivity index (χ2v) is 30.2. The van der Waals surface area contributed by atoms with Crippen LogP contribution in [0.2, 0.25) is 0 Å². The molecule has 15 unspecified atom stereocenters. The van der Waals surface area contributed by atoms with E-state index in [1.54, 1.807) is 41.5 Å². The Balaban J connectivity index is 1.95. The van der Waals surface area contributed by atoms with E-state index in [9.17, 15) is 32.4 Å². The Hall–Kier alpha value is -6.08. The largest absolute Gasteiger partial charge is 0.379 e. The highest BCUT2D eigenvalue weighted by Gasteiger charge is 2.53. The normalized spacial score (nSPS) is 29.4. The molecule has 3 N–H and O–H groups in total. The minimum absolute atomic E-state index is 0.00684. The van der Waals surface area contributed by atoms with Gasteiger partial charge in [-0.3, -0.25) is 66.7 Å². The SMILES string of the molecule is CCC1NC(=O)C(C(C)CCCCCOS(C)(=O)=O)N2OC(C)C(C2=O)N(C)C(=O)C2CC(C)N(C(=O)C(C)NC(=O)C(CC(C)C)N(C)C(=O)C(C(C)C)NC(=O)C(C(C)OCCCCN3CCOCC3)N(C)C(=O)C(C)N(C)C1=O)C(C)C(=O)N(C)C(CC(C)C)C(=O)N2C. The van der Waals surface area contributed by atoms with Crippen molar-refractivity contribution in [2.45, 2.75) is 246 Å². The Labute approximate surface area is 576 Å². The topological polar surface area (TPSA) is 324 Å². The summed E-state index contributed by atoms with van der Waals surface area (Å²) >= 11 is 0. The molecule has 554 valence electrons. The molecule has 15 atom stereocenters. The van der Waals surface area contributed by atoms with Crippen LogP contribution < -0.4 is 16.0 Å². The van der Waals surface area contributed by atoms with E-state index in [1.807, 2.05) is 27.7 Å². The van der Waals surface area contributed by atoms with Gasteiger partial charge < -0.3 is 59.7 Å². The number of fused-ring (bicyclic) bond motifs is 5. The van der Waals surface area contributed by atoms with Crippen molar-refractivity contribution in [3.8, 4) is 0 Å². The number of amides is 11. The zero-order valence-electron chi connectivity index (χ0n) is 61.8. The summed E-state index contributed by atoms with van der Waals surface area (Å²) in [6, 6.07) is -15.6. The summed E-state index contributed by atoms with van der Waals surface area (Å²) in [5.74, 6) is -9.51. The third-order valence-corrected chi connectivity index (χ3v) is 20.1. The van der Waals surface area contributed by atoms with E-state index in [0.29, 0.717) is 38.9 Å². The minimum atomic E-state index is -3.71. The van der Waals surface area contributed by atoms with Gasteiger partial charge in [0.1, 0.15) is 72.6 Å². The van der Waals surface area contributed by atoms with Crippen LogP contribution in [0.15, 0.2) is 0 Å². The van der Waals surface area contributed by atoms with Gasteiger partial charge in [0.05, 0.1) is 32.2 Å². The van der Waals surface area contributed by atoms with Crippen LogP contribution in [0.5, 0.6) is 0 Å². The van der Waals surface area contributed by atoms with Crippen molar-refractivity contribution in [2.24, 2.45) is 23.7 Å². The molecular weight excluding hydrogens is 1280 g/mol. The molecule has 4 rings (SSSR count). The first-order valence-corrected chi connectivity index (χ1v) is 36.6. The molecule has 97 heavy (non-hydrogen) atoms. The van der Waals surface area contributed by atoms with Crippen LogP contribution >= 0.6 is 0 Å². The average Bonchev–Trinajstić information content (AvgIpc) is 1.74. The molecule has 29 nitrogen and oxygen atoms in total. The molecule has 4 aliphatic heterocycles. The Morgan fingerprint density at radius 3 is 1.70 bits per heavy atom. The highest BCUT2D eigenvalue weighted by atomic mass is 32.2. The quantitative estimate of drug-likeness (QED) is 0.109. The number of carbonyl (C=O) groups excluding carboxylic acids is 11. The molecule has 30 heteroatoms. The van der Waals surface area contributed by atoms with E-state index in [1.165, 1.54) is 94.5 Å². The number of unbranched alkanes of at least 4 members (excludes halogenated alkanes) is 3. The number of ether oxygens (including phenoxy) is 2. The minimum Gasteiger partial charge on any atom is -0.379 e. The van der Waals surface area contributed by atoms with Gasteiger partial charge in [0.15, 0.2) is 0 Å². The third kappa shape index (κ3) is 22.0. The molecule has 4 fully saturated rings. The Morgan fingerprint density at radius 1 is 0.557 bits per heavy atom. The molecule has 11 amide bonds. The predicted molar refractivity (Wildman–Crippen MR) is 362 cm³/mol. The first-order valence-electron chi connectivity index (χ1n) is 34.8. The molecule has 0 aromatic rings. The summed E-state index contributed by atoms with van der Waals surface area (Å²) in [4.78, 5) is 183. The molecule has 4 bridgehead atoms. The van der Waals surface area contributed by atoms with Crippen molar-refractivity contribution in [3.05, 3.63) is 0 Å². The fourth-order valence-corrected chi connectivity index (χ4v) is 13.8. The number of nitrogens with one attached hydrogen (secondary N) is 3. The van der Waals surface area contributed by atoms with E-state index in [4.69, 9.17) is 18.5 Å². The maximum atomic E-state index is 15.5. The fourth-order valence-electron chi connectivity index (χ4n) is 13.4. The van der Waals surface area contributed by atoms with Crippen molar-refractivity contribution in [1.82, 2.24) is 60.2 Å². The summed E-state index contributed by atoms with van der Waals surface area (Å²) < 4.78 is 40.2. The van der Waals surface area contributed by atoms with Gasteiger partial charge in [0.2, 0.25) is 59.1 Å². The average molecular weight is 1400 g/mol. The summed E-state index contributed by atoms with van der Waals surface area (Å²) in [5.41, 5.74) is 0. The van der Waals surface area contributed by atoms with Gasteiger partial charge in [-0.15, -0.1) is 0 Å². The molecular formula is C67H118N12O17S. The van der Waals surface area contributed by atoms with Crippen molar-refractivity contribution >= 4 is 75.1 Å². The monoisotopic (exact) mass is 1390 g/mol. The van der Waals surface area contributed by atoms with Gasteiger partial charge in [-0.1, -0.05) is 68.2 Å². The third-order valence-electron chi connectivity index (χ3n) is 19.5. The summed E-state index contributed by atoms with van der Waals surface area (Å²) in [6.45, 7) is 27.2. The van der Waals surface area contributed by atoms with Crippen LogP contribution in [0.4, 0.5) is 0 Å². The first-order chi connectivity index (χ1) is 45.2. The Bertz CT molecular complexity index is 2840. The molecule has 4 aliphatic rings. The van der Waals surface area contributed by atoms with Crippen LogP contribution in [0.3, 0.4) is 0 Å². The van der Waals surface area contributed by atoms with Crippen molar-refractivity contribution in [1.29, 1.82) is 0 Å². The highest BCUT2D eigenvalue weighted by Crippen LogP contribution is 2.31. The summed E-state index contributed by atoms with van der Waals surface area (Å²) in [5, 5.41) is 9.47. The maximum Gasteiger partial charge on any atom is 0.272 e. The second-order valence-electron chi connectivity index (χ2n) is 28.5. The zero-order chi connectivity index (χ0) is 73.4. The Kier molecular flexibility index (Phi) is 32.1. The van der Waals surface area contributed by atoms with E-state index in [0.717, 1.165) is 47.2 Å². The number of hydrogen-bond donors (Lipinski definition) is 3. The molecule has 4 saturated heterocycles. The van der Waals surface area contributed by atoms with Gasteiger partial charge in [-0.25, -0.2) is 5.06 Å². The molecule has 0 spiro atoms. The molecule has 4 heterocycles. The van der Waals surface area contributed by atoms with Crippen LogP contribution in [0.25, 0.3) is 0 Å². The van der Waals surface area contributed by atoms with Crippen molar-refractivity contribution in [3.63, 3.8) is 0 Å². The lowest BCUT2D eigenvalue weighted by molar-refractivity contribution is -0.195. The number of hydroxylamine groups is 2. The number of nitrogens with zero attached hydrogens (tertiary/aromatic N) is 9. The van der Waals surface area contributed by atoms with Crippen LogP contribution in [-0.2, 0) is 81.4 Å². The lowest BCUT2D eigenvalue weighted by Gasteiger charge is -2.44. The fraction of sp³-hybridized carbons (Fsp3) is 0.836. The molecule has 0 aromatic carbocycles. The summed E-state index contributed by atoms with van der Waals surface area (Å²) in [7, 11) is 4.74. The van der Waals surface area contributed by atoms with E-state index < -0.39 is 172 Å². The molecule has 0 aromatic heterocycles. The van der Waals surface area contributed by atoms with E-state index in [-0.39, 0.29) is 57.2 Å². The lowest BCUT2D eigenvalue weighted by Crippen LogP contribution is -2.65. The van der Waals surface area contributed by atoms with Crippen molar-refractivity contribution < 1.29 is 79.7 Å². The number of hydrogen-bond acceptors (Lipinski definition) is 18. The number of carbonyl (C=O) groups is 11.